The van der Waals surface area contributed by atoms with Crippen molar-refractivity contribution in [3.63, 3.8) is 0 Å². The first kappa shape index (κ1) is 22.3. The molecule has 3 aromatic rings. The summed E-state index contributed by atoms with van der Waals surface area (Å²) in [6.45, 7) is 5.60. The minimum Gasteiger partial charge on any atom is -0.485 e. The summed E-state index contributed by atoms with van der Waals surface area (Å²) in [5.74, 6) is 1.14. The molecule has 0 radical (unpaired) electrons. The van der Waals surface area contributed by atoms with E-state index in [1.165, 1.54) is 16.9 Å². The molecule has 160 valence electrons. The SMILES string of the molecule is Cc1ccc2sc(N(CCN(C)C)C(=O)C3COc4ccccc4O3)nc2c1C.Cl. The number of fused-ring (bicyclic) bond motifs is 2. The summed E-state index contributed by atoms with van der Waals surface area (Å²) >= 11 is 1.54. The molecule has 0 saturated heterocycles. The monoisotopic (exact) mass is 447 g/mol. The summed E-state index contributed by atoms with van der Waals surface area (Å²) in [6, 6.07) is 11.6. The average Bonchev–Trinajstić information content (AvgIpc) is 3.15. The van der Waals surface area contributed by atoms with Gasteiger partial charge in [0.1, 0.15) is 6.61 Å². The maximum absolute atomic E-state index is 13.4. The number of nitrogens with zero attached hydrogens (tertiary/aromatic N) is 3. The van der Waals surface area contributed by atoms with Crippen LogP contribution in [0.2, 0.25) is 0 Å². The fourth-order valence-electron chi connectivity index (χ4n) is 3.24. The molecule has 1 aromatic heterocycles. The van der Waals surface area contributed by atoms with E-state index in [1.54, 1.807) is 4.90 Å². The number of carbonyl (C=O) groups is 1. The topological polar surface area (TPSA) is 54.9 Å². The molecule has 0 aliphatic carbocycles. The van der Waals surface area contributed by atoms with Crippen LogP contribution in [-0.2, 0) is 4.79 Å². The van der Waals surface area contributed by atoms with Gasteiger partial charge in [-0.2, -0.15) is 0 Å². The first-order valence-electron chi connectivity index (χ1n) is 9.65. The first-order valence-corrected chi connectivity index (χ1v) is 10.5. The Kier molecular flexibility index (Phi) is 6.85. The van der Waals surface area contributed by atoms with E-state index in [-0.39, 0.29) is 24.9 Å². The molecule has 1 amide bonds. The van der Waals surface area contributed by atoms with Gasteiger partial charge in [0, 0.05) is 13.1 Å². The zero-order valence-electron chi connectivity index (χ0n) is 17.5. The largest absolute Gasteiger partial charge is 0.485 e. The summed E-state index contributed by atoms with van der Waals surface area (Å²) < 4.78 is 12.8. The first-order chi connectivity index (χ1) is 13.9. The number of amides is 1. The molecule has 4 rings (SSSR count). The van der Waals surface area contributed by atoms with E-state index in [9.17, 15) is 4.79 Å². The van der Waals surface area contributed by atoms with Crippen LogP contribution in [0, 0.1) is 13.8 Å². The third-order valence-electron chi connectivity index (χ3n) is 5.13. The molecule has 8 heteroatoms. The fourth-order valence-corrected chi connectivity index (χ4v) is 4.30. The lowest BCUT2D eigenvalue weighted by Gasteiger charge is -2.30. The van der Waals surface area contributed by atoms with E-state index in [0.717, 1.165) is 22.3 Å². The van der Waals surface area contributed by atoms with Crippen molar-refractivity contribution in [2.45, 2.75) is 20.0 Å². The minimum atomic E-state index is -0.693. The van der Waals surface area contributed by atoms with Gasteiger partial charge in [0.2, 0.25) is 6.10 Å². The Bertz CT molecular complexity index is 1050. The minimum absolute atomic E-state index is 0. The molecule has 1 unspecified atom stereocenters. The Morgan fingerprint density at radius 3 is 2.60 bits per heavy atom. The maximum Gasteiger partial charge on any atom is 0.273 e. The van der Waals surface area contributed by atoms with Crippen molar-refractivity contribution in [3.05, 3.63) is 47.5 Å². The van der Waals surface area contributed by atoms with Gasteiger partial charge in [0.05, 0.1) is 10.2 Å². The van der Waals surface area contributed by atoms with Gasteiger partial charge in [0.15, 0.2) is 16.6 Å². The number of para-hydroxylation sites is 2. The van der Waals surface area contributed by atoms with E-state index in [1.807, 2.05) is 38.4 Å². The van der Waals surface area contributed by atoms with Gasteiger partial charge in [-0.15, -0.1) is 12.4 Å². The van der Waals surface area contributed by atoms with Gasteiger partial charge in [-0.25, -0.2) is 4.98 Å². The zero-order valence-corrected chi connectivity index (χ0v) is 19.2. The van der Waals surface area contributed by atoms with E-state index >= 15 is 0 Å². The molecule has 1 aliphatic heterocycles. The molecule has 6 nitrogen and oxygen atoms in total. The summed E-state index contributed by atoms with van der Waals surface area (Å²) in [6.07, 6.45) is -0.693. The van der Waals surface area contributed by atoms with E-state index < -0.39 is 6.10 Å². The van der Waals surface area contributed by atoms with Crippen LogP contribution in [-0.4, -0.2) is 55.7 Å². The second kappa shape index (κ2) is 9.20. The third kappa shape index (κ3) is 4.38. The maximum atomic E-state index is 13.4. The molecule has 0 N–H and O–H groups in total. The molecule has 1 atom stereocenters. The molecule has 30 heavy (non-hydrogen) atoms. The summed E-state index contributed by atoms with van der Waals surface area (Å²) in [7, 11) is 3.98. The molecular weight excluding hydrogens is 422 g/mol. The normalized spacial score (nSPS) is 15.2. The number of ether oxygens (including phenoxy) is 2. The number of rotatable bonds is 5. The molecule has 0 bridgehead atoms. The number of hydrogen-bond donors (Lipinski definition) is 0. The number of anilines is 1. The lowest BCUT2D eigenvalue weighted by atomic mass is 10.1. The van der Waals surface area contributed by atoms with Gasteiger partial charge in [-0.3, -0.25) is 9.69 Å². The summed E-state index contributed by atoms with van der Waals surface area (Å²) in [5, 5.41) is 0.697. The van der Waals surface area contributed by atoms with Crippen LogP contribution in [0.15, 0.2) is 36.4 Å². The molecule has 2 aromatic carbocycles. The Labute approximate surface area is 186 Å². The molecule has 1 aliphatic rings. The molecule has 0 fully saturated rings. The Hall–Kier alpha value is -2.35. The predicted molar refractivity (Wildman–Crippen MR) is 124 cm³/mol. The second-order valence-electron chi connectivity index (χ2n) is 7.51. The number of aryl methyl sites for hydroxylation is 2. The summed E-state index contributed by atoms with van der Waals surface area (Å²) in [4.78, 5) is 22.0. The van der Waals surface area contributed by atoms with Crippen molar-refractivity contribution in [1.29, 1.82) is 0 Å². The van der Waals surface area contributed by atoms with Crippen molar-refractivity contribution in [2.24, 2.45) is 0 Å². The second-order valence-corrected chi connectivity index (χ2v) is 8.52. The molecule has 2 heterocycles. The van der Waals surface area contributed by atoms with Gasteiger partial charge in [-0.1, -0.05) is 29.5 Å². The van der Waals surface area contributed by atoms with E-state index in [4.69, 9.17) is 14.5 Å². The van der Waals surface area contributed by atoms with Gasteiger partial charge in [0.25, 0.3) is 5.91 Å². The van der Waals surface area contributed by atoms with Crippen molar-refractivity contribution >= 4 is 45.0 Å². The third-order valence-corrected chi connectivity index (χ3v) is 6.17. The lowest BCUT2D eigenvalue weighted by molar-refractivity contribution is -0.127. The van der Waals surface area contributed by atoms with E-state index in [2.05, 4.69) is 30.9 Å². The van der Waals surface area contributed by atoms with Gasteiger partial charge < -0.3 is 14.4 Å². The van der Waals surface area contributed by atoms with Crippen LogP contribution in [0.25, 0.3) is 10.2 Å². The predicted octanol–water partition coefficient (Wildman–Crippen LogP) is 4.07. The highest BCUT2D eigenvalue weighted by molar-refractivity contribution is 7.22. The average molecular weight is 448 g/mol. The smallest absolute Gasteiger partial charge is 0.273 e. The number of halogens is 1. The van der Waals surface area contributed by atoms with Gasteiger partial charge in [-0.05, 0) is 57.3 Å². The van der Waals surface area contributed by atoms with Crippen LogP contribution in [0.3, 0.4) is 0 Å². The molecular formula is C22H26ClN3O3S. The van der Waals surface area contributed by atoms with Crippen LogP contribution < -0.4 is 14.4 Å². The molecule has 0 saturated carbocycles. The van der Waals surface area contributed by atoms with Crippen molar-refractivity contribution in [1.82, 2.24) is 9.88 Å². The number of hydrogen-bond acceptors (Lipinski definition) is 6. The molecule has 0 spiro atoms. The highest BCUT2D eigenvalue weighted by Crippen LogP contribution is 2.34. The highest BCUT2D eigenvalue weighted by Gasteiger charge is 2.33. The zero-order chi connectivity index (χ0) is 20.5. The van der Waals surface area contributed by atoms with Crippen LogP contribution in [0.5, 0.6) is 11.5 Å². The Morgan fingerprint density at radius 2 is 1.87 bits per heavy atom. The quantitative estimate of drug-likeness (QED) is 0.590. The van der Waals surface area contributed by atoms with Crippen LogP contribution in [0.1, 0.15) is 11.1 Å². The number of benzene rings is 2. The summed E-state index contributed by atoms with van der Waals surface area (Å²) in [5.41, 5.74) is 3.30. The highest BCUT2D eigenvalue weighted by atomic mass is 35.5. The Morgan fingerprint density at radius 1 is 1.13 bits per heavy atom. The fraction of sp³-hybridized carbons (Fsp3) is 0.364. The van der Waals surface area contributed by atoms with Crippen molar-refractivity contribution in [3.8, 4) is 11.5 Å². The van der Waals surface area contributed by atoms with Crippen LogP contribution in [0.4, 0.5) is 5.13 Å². The van der Waals surface area contributed by atoms with Gasteiger partial charge >= 0.3 is 0 Å². The van der Waals surface area contributed by atoms with Crippen molar-refractivity contribution < 1.29 is 14.3 Å². The number of carbonyl (C=O) groups excluding carboxylic acids is 1. The lowest BCUT2D eigenvalue weighted by Crippen LogP contribution is -2.48. The number of aromatic nitrogens is 1. The Balaban J connectivity index is 0.00000256. The van der Waals surface area contributed by atoms with Crippen LogP contribution >= 0.6 is 23.7 Å². The van der Waals surface area contributed by atoms with Crippen molar-refractivity contribution in [2.75, 3.05) is 38.7 Å². The van der Waals surface area contributed by atoms with E-state index in [0.29, 0.717) is 23.2 Å². The number of thiazole rings is 1. The number of likely N-dealkylation sites (N-methyl/N-ethyl adjacent to an activating group) is 1. The standard InChI is InChI=1S/C22H25N3O3S.ClH/c1-14-9-10-19-20(15(14)2)23-22(29-19)25(12-11-24(3)4)21(26)18-13-27-16-7-5-6-8-17(16)28-18;/h5-10,18H,11-13H2,1-4H3;1H.